The average Bonchev–Trinajstić information content (AvgIpc) is 2.48. The number of rotatable bonds is 5. The van der Waals surface area contributed by atoms with Gasteiger partial charge in [0.1, 0.15) is 0 Å². The van der Waals surface area contributed by atoms with E-state index >= 15 is 0 Å². The summed E-state index contributed by atoms with van der Waals surface area (Å²) in [4.78, 5) is 0. The standard InChI is InChI=1S/C10H20N4/c1-5-6-10(2,3)11-7-9-8-14(4)13-12-9/h8,11H,5-7H2,1-4H3. The van der Waals surface area contributed by atoms with Gasteiger partial charge in [-0.15, -0.1) is 5.10 Å². The molecule has 4 heteroatoms. The van der Waals surface area contributed by atoms with Crippen LogP contribution < -0.4 is 5.32 Å². The molecule has 0 amide bonds. The molecule has 0 radical (unpaired) electrons. The Hall–Kier alpha value is -0.900. The van der Waals surface area contributed by atoms with Crippen molar-refractivity contribution in [1.82, 2.24) is 20.3 Å². The van der Waals surface area contributed by atoms with E-state index in [0.717, 1.165) is 12.2 Å². The second-order valence-electron chi connectivity index (χ2n) is 4.37. The van der Waals surface area contributed by atoms with Crippen molar-refractivity contribution in [3.05, 3.63) is 11.9 Å². The third kappa shape index (κ3) is 3.46. The lowest BCUT2D eigenvalue weighted by Gasteiger charge is -2.25. The smallest absolute Gasteiger partial charge is 0.0964 e. The van der Waals surface area contributed by atoms with E-state index in [2.05, 4.69) is 36.4 Å². The van der Waals surface area contributed by atoms with E-state index in [1.807, 2.05) is 13.2 Å². The van der Waals surface area contributed by atoms with Crippen molar-refractivity contribution in [2.75, 3.05) is 0 Å². The van der Waals surface area contributed by atoms with Crippen LogP contribution in [0.4, 0.5) is 0 Å². The molecule has 1 heterocycles. The Bertz CT molecular complexity index is 277. The van der Waals surface area contributed by atoms with Gasteiger partial charge in [0.2, 0.25) is 0 Å². The van der Waals surface area contributed by atoms with E-state index in [4.69, 9.17) is 0 Å². The lowest BCUT2D eigenvalue weighted by Crippen LogP contribution is -2.38. The molecule has 0 atom stereocenters. The summed E-state index contributed by atoms with van der Waals surface area (Å²) in [6, 6.07) is 0. The van der Waals surface area contributed by atoms with Crippen LogP contribution in [0.15, 0.2) is 6.20 Å². The first-order chi connectivity index (χ1) is 6.53. The fourth-order valence-corrected chi connectivity index (χ4v) is 1.52. The van der Waals surface area contributed by atoms with E-state index < -0.39 is 0 Å². The fraction of sp³-hybridized carbons (Fsp3) is 0.800. The van der Waals surface area contributed by atoms with Crippen LogP contribution in [0.2, 0.25) is 0 Å². The lowest BCUT2D eigenvalue weighted by molar-refractivity contribution is 0.355. The van der Waals surface area contributed by atoms with Crippen LogP contribution in [0.25, 0.3) is 0 Å². The first-order valence-electron chi connectivity index (χ1n) is 5.14. The molecule has 0 saturated carbocycles. The lowest BCUT2D eigenvalue weighted by atomic mass is 9.99. The van der Waals surface area contributed by atoms with E-state index in [1.54, 1.807) is 4.68 Å². The maximum Gasteiger partial charge on any atom is 0.0964 e. The molecule has 0 aliphatic rings. The normalized spacial score (nSPS) is 12.0. The predicted molar refractivity (Wildman–Crippen MR) is 56.8 cm³/mol. The van der Waals surface area contributed by atoms with E-state index in [0.29, 0.717) is 0 Å². The zero-order chi connectivity index (χ0) is 10.6. The van der Waals surface area contributed by atoms with Gasteiger partial charge in [0, 0.05) is 25.3 Å². The Morgan fingerprint density at radius 2 is 2.21 bits per heavy atom. The van der Waals surface area contributed by atoms with Gasteiger partial charge >= 0.3 is 0 Å². The minimum absolute atomic E-state index is 0.187. The number of aryl methyl sites for hydroxylation is 1. The van der Waals surface area contributed by atoms with Crippen molar-refractivity contribution in [3.8, 4) is 0 Å². The van der Waals surface area contributed by atoms with Crippen molar-refractivity contribution in [3.63, 3.8) is 0 Å². The monoisotopic (exact) mass is 196 g/mol. The SMILES string of the molecule is CCCC(C)(C)NCc1cn(C)nn1. The molecular formula is C10H20N4. The first-order valence-corrected chi connectivity index (χ1v) is 5.14. The molecular weight excluding hydrogens is 176 g/mol. The Morgan fingerprint density at radius 3 is 2.71 bits per heavy atom. The molecule has 80 valence electrons. The highest BCUT2D eigenvalue weighted by molar-refractivity contribution is 4.93. The van der Waals surface area contributed by atoms with E-state index in [1.165, 1.54) is 12.8 Å². The quantitative estimate of drug-likeness (QED) is 0.775. The maximum atomic E-state index is 4.03. The molecule has 4 nitrogen and oxygen atoms in total. The van der Waals surface area contributed by atoms with Crippen LogP contribution in [0.1, 0.15) is 39.3 Å². The maximum absolute atomic E-state index is 4.03. The van der Waals surface area contributed by atoms with Gasteiger partial charge in [-0.3, -0.25) is 4.68 Å². The molecule has 0 bridgehead atoms. The summed E-state index contributed by atoms with van der Waals surface area (Å²) in [7, 11) is 1.88. The zero-order valence-electron chi connectivity index (χ0n) is 9.54. The van der Waals surface area contributed by atoms with E-state index in [-0.39, 0.29) is 5.54 Å². The van der Waals surface area contributed by atoms with Crippen molar-refractivity contribution in [2.45, 2.75) is 45.7 Å². The summed E-state index contributed by atoms with van der Waals surface area (Å²) in [6.45, 7) is 7.42. The van der Waals surface area contributed by atoms with Crippen LogP contribution in [0.3, 0.4) is 0 Å². The molecule has 0 aliphatic heterocycles. The molecule has 0 saturated heterocycles. The van der Waals surface area contributed by atoms with Gasteiger partial charge < -0.3 is 5.32 Å². The molecule has 1 N–H and O–H groups in total. The van der Waals surface area contributed by atoms with Crippen LogP contribution in [-0.2, 0) is 13.6 Å². The molecule has 1 aromatic rings. The van der Waals surface area contributed by atoms with Crippen molar-refractivity contribution in [2.24, 2.45) is 7.05 Å². The zero-order valence-corrected chi connectivity index (χ0v) is 9.54. The molecule has 1 aromatic heterocycles. The molecule has 0 aliphatic carbocycles. The Balaban J connectivity index is 2.40. The second kappa shape index (κ2) is 4.55. The summed E-state index contributed by atoms with van der Waals surface area (Å²) in [5.41, 5.74) is 1.18. The average molecular weight is 196 g/mol. The molecule has 1 rings (SSSR count). The Morgan fingerprint density at radius 1 is 1.50 bits per heavy atom. The molecule has 0 fully saturated rings. The van der Waals surface area contributed by atoms with Crippen molar-refractivity contribution >= 4 is 0 Å². The fourth-order valence-electron chi connectivity index (χ4n) is 1.52. The van der Waals surface area contributed by atoms with Gasteiger partial charge in [-0.1, -0.05) is 18.6 Å². The molecule has 0 spiro atoms. The summed E-state index contributed by atoms with van der Waals surface area (Å²) in [6.07, 6.45) is 4.31. The van der Waals surface area contributed by atoms with Crippen LogP contribution in [0.5, 0.6) is 0 Å². The largest absolute Gasteiger partial charge is 0.306 e. The van der Waals surface area contributed by atoms with Gasteiger partial charge in [0.15, 0.2) is 0 Å². The van der Waals surface area contributed by atoms with Crippen LogP contribution in [0, 0.1) is 0 Å². The summed E-state index contributed by atoms with van der Waals surface area (Å²) >= 11 is 0. The highest BCUT2D eigenvalue weighted by Gasteiger charge is 2.15. The highest BCUT2D eigenvalue weighted by atomic mass is 15.4. The topological polar surface area (TPSA) is 42.7 Å². The van der Waals surface area contributed by atoms with Gasteiger partial charge in [-0.2, -0.15) is 0 Å². The molecule has 0 unspecified atom stereocenters. The number of aromatic nitrogens is 3. The minimum atomic E-state index is 0.187. The van der Waals surface area contributed by atoms with Crippen molar-refractivity contribution < 1.29 is 0 Å². The van der Waals surface area contributed by atoms with Crippen LogP contribution >= 0.6 is 0 Å². The minimum Gasteiger partial charge on any atom is -0.306 e. The summed E-state index contributed by atoms with van der Waals surface area (Å²) in [5.74, 6) is 0. The number of hydrogen-bond acceptors (Lipinski definition) is 3. The van der Waals surface area contributed by atoms with Gasteiger partial charge in [0.05, 0.1) is 5.69 Å². The second-order valence-corrected chi connectivity index (χ2v) is 4.37. The van der Waals surface area contributed by atoms with Gasteiger partial charge in [0.25, 0.3) is 0 Å². The number of nitrogens with zero attached hydrogens (tertiary/aromatic N) is 3. The molecule has 14 heavy (non-hydrogen) atoms. The Labute approximate surface area is 85.7 Å². The summed E-state index contributed by atoms with van der Waals surface area (Å²) < 4.78 is 1.73. The summed E-state index contributed by atoms with van der Waals surface area (Å²) in [5, 5.41) is 11.4. The van der Waals surface area contributed by atoms with Gasteiger partial charge in [-0.05, 0) is 20.3 Å². The highest BCUT2D eigenvalue weighted by Crippen LogP contribution is 2.11. The third-order valence-corrected chi connectivity index (χ3v) is 2.27. The third-order valence-electron chi connectivity index (χ3n) is 2.27. The molecule has 0 aromatic carbocycles. The number of hydrogen-bond donors (Lipinski definition) is 1. The predicted octanol–water partition coefficient (Wildman–Crippen LogP) is 1.48. The number of nitrogens with one attached hydrogen (secondary N) is 1. The first kappa shape index (κ1) is 11.2. The van der Waals surface area contributed by atoms with Crippen LogP contribution in [-0.4, -0.2) is 20.5 Å². The van der Waals surface area contributed by atoms with Gasteiger partial charge in [-0.25, -0.2) is 0 Å². The van der Waals surface area contributed by atoms with Crippen molar-refractivity contribution in [1.29, 1.82) is 0 Å². The van der Waals surface area contributed by atoms with E-state index in [9.17, 15) is 0 Å². The Kier molecular flexibility index (Phi) is 3.63.